The first kappa shape index (κ1) is 12.0. The number of carbonyl (C=O) groups is 2. The SMILES string of the molecule is [B]CC(=O)N(CCC)CC(=O)NC. The molecule has 72 valence electrons. The molecule has 2 amide bonds. The molecule has 0 unspecified atom stereocenters. The van der Waals surface area contributed by atoms with E-state index in [4.69, 9.17) is 7.85 Å². The lowest BCUT2D eigenvalue weighted by Gasteiger charge is -2.20. The van der Waals surface area contributed by atoms with Gasteiger partial charge >= 0.3 is 0 Å². The highest BCUT2D eigenvalue weighted by Crippen LogP contribution is 1.94. The molecule has 0 heterocycles. The Kier molecular flexibility index (Phi) is 6.01. The quantitative estimate of drug-likeness (QED) is 0.586. The topological polar surface area (TPSA) is 49.4 Å². The summed E-state index contributed by atoms with van der Waals surface area (Å²) in [5.41, 5.74) is 0. The third-order valence-corrected chi connectivity index (χ3v) is 1.63. The first-order valence-corrected chi connectivity index (χ1v) is 4.34. The normalized spacial score (nSPS) is 9.38. The standard InChI is InChI=1S/C8H15BN2O2/c1-3-4-11(8(13)5-9)6-7(12)10-2/h3-6H2,1-2H3,(H,10,12). The van der Waals surface area contributed by atoms with Gasteiger partial charge in [0.25, 0.3) is 0 Å². The van der Waals surface area contributed by atoms with Gasteiger partial charge in [0.1, 0.15) is 0 Å². The Morgan fingerprint density at radius 2 is 2.08 bits per heavy atom. The first-order valence-electron chi connectivity index (χ1n) is 4.34. The molecular weight excluding hydrogens is 167 g/mol. The molecule has 0 saturated carbocycles. The predicted octanol–water partition coefficient (Wildman–Crippen LogP) is -0.442. The average molecular weight is 182 g/mol. The molecule has 0 saturated heterocycles. The van der Waals surface area contributed by atoms with Crippen LogP contribution in [0.3, 0.4) is 0 Å². The third-order valence-electron chi connectivity index (χ3n) is 1.63. The van der Waals surface area contributed by atoms with Crippen LogP contribution in [0.1, 0.15) is 13.3 Å². The van der Waals surface area contributed by atoms with Crippen LogP contribution in [0.2, 0.25) is 6.32 Å². The molecule has 5 heteroatoms. The van der Waals surface area contributed by atoms with Crippen LogP contribution in [-0.2, 0) is 9.59 Å². The minimum absolute atomic E-state index is 0.0446. The van der Waals surface area contributed by atoms with Crippen molar-refractivity contribution in [3.05, 3.63) is 0 Å². The number of nitrogens with one attached hydrogen (secondary N) is 1. The average Bonchev–Trinajstić information content (AvgIpc) is 2.15. The lowest BCUT2D eigenvalue weighted by Crippen LogP contribution is -2.39. The highest BCUT2D eigenvalue weighted by molar-refractivity contribution is 6.19. The molecule has 0 atom stereocenters. The van der Waals surface area contributed by atoms with E-state index in [2.05, 4.69) is 5.32 Å². The highest BCUT2D eigenvalue weighted by Gasteiger charge is 2.12. The van der Waals surface area contributed by atoms with E-state index in [1.807, 2.05) is 6.92 Å². The summed E-state index contributed by atoms with van der Waals surface area (Å²) in [7, 11) is 6.74. The zero-order chi connectivity index (χ0) is 10.3. The van der Waals surface area contributed by atoms with Gasteiger partial charge in [-0.05, 0) is 12.7 Å². The molecule has 0 spiro atoms. The summed E-state index contributed by atoms with van der Waals surface area (Å²) in [4.78, 5) is 23.6. The second kappa shape index (κ2) is 6.51. The van der Waals surface area contributed by atoms with E-state index in [0.717, 1.165) is 6.42 Å². The minimum Gasteiger partial charge on any atom is -0.358 e. The number of carbonyl (C=O) groups excluding carboxylic acids is 2. The van der Waals surface area contributed by atoms with Crippen LogP contribution in [-0.4, -0.2) is 44.7 Å². The molecule has 0 aliphatic carbocycles. The number of hydrogen-bond donors (Lipinski definition) is 1. The van der Waals surface area contributed by atoms with Crippen LogP contribution in [0.15, 0.2) is 0 Å². The maximum absolute atomic E-state index is 11.2. The highest BCUT2D eigenvalue weighted by atomic mass is 16.2. The second-order valence-corrected chi connectivity index (χ2v) is 2.69. The van der Waals surface area contributed by atoms with E-state index in [-0.39, 0.29) is 24.7 Å². The Hall–Kier alpha value is -0.995. The summed E-state index contributed by atoms with van der Waals surface area (Å²) in [6, 6.07) is 0. The Morgan fingerprint density at radius 3 is 2.46 bits per heavy atom. The molecule has 0 aromatic carbocycles. The van der Waals surface area contributed by atoms with Crippen molar-refractivity contribution in [3.8, 4) is 0 Å². The third kappa shape index (κ3) is 4.55. The van der Waals surface area contributed by atoms with Crippen molar-refractivity contribution in [2.75, 3.05) is 20.1 Å². The fourth-order valence-corrected chi connectivity index (χ4v) is 0.943. The van der Waals surface area contributed by atoms with E-state index >= 15 is 0 Å². The molecule has 0 bridgehead atoms. The van der Waals surface area contributed by atoms with Gasteiger partial charge < -0.3 is 10.2 Å². The maximum Gasteiger partial charge on any atom is 0.239 e. The fraction of sp³-hybridized carbons (Fsp3) is 0.750. The number of nitrogens with zero attached hydrogens (tertiary/aromatic N) is 1. The van der Waals surface area contributed by atoms with Gasteiger partial charge in [-0.2, -0.15) is 0 Å². The van der Waals surface area contributed by atoms with E-state index in [1.165, 1.54) is 4.90 Å². The molecule has 0 aliphatic heterocycles. The summed E-state index contributed by atoms with van der Waals surface area (Å²) in [5.74, 6) is -0.360. The lowest BCUT2D eigenvalue weighted by molar-refractivity contribution is -0.134. The predicted molar refractivity (Wildman–Crippen MR) is 51.5 cm³/mol. The summed E-state index contributed by atoms with van der Waals surface area (Å²) in [6.45, 7) is 2.62. The second-order valence-electron chi connectivity index (χ2n) is 2.69. The molecule has 0 aromatic rings. The van der Waals surface area contributed by atoms with Crippen molar-refractivity contribution in [1.29, 1.82) is 0 Å². The van der Waals surface area contributed by atoms with Crippen LogP contribution in [0, 0.1) is 0 Å². The summed E-state index contributed by atoms with van der Waals surface area (Å²) >= 11 is 0. The zero-order valence-electron chi connectivity index (χ0n) is 8.17. The van der Waals surface area contributed by atoms with Crippen LogP contribution >= 0.6 is 0 Å². The molecule has 4 nitrogen and oxygen atoms in total. The Morgan fingerprint density at radius 1 is 1.46 bits per heavy atom. The molecule has 0 aliphatic rings. The van der Waals surface area contributed by atoms with E-state index < -0.39 is 0 Å². The van der Waals surface area contributed by atoms with Crippen molar-refractivity contribution in [2.24, 2.45) is 0 Å². The molecular formula is C8H15BN2O2. The number of likely N-dealkylation sites (N-methyl/N-ethyl adjacent to an activating group) is 1. The Bertz CT molecular complexity index is 185. The van der Waals surface area contributed by atoms with Gasteiger partial charge in [-0.1, -0.05) is 6.92 Å². The number of rotatable bonds is 5. The zero-order valence-corrected chi connectivity index (χ0v) is 8.17. The van der Waals surface area contributed by atoms with Gasteiger partial charge in [-0.15, -0.1) is 0 Å². The van der Waals surface area contributed by atoms with E-state index in [0.29, 0.717) is 6.54 Å². The maximum atomic E-state index is 11.2. The summed E-state index contributed by atoms with van der Waals surface area (Å²) in [5, 5.41) is 2.46. The van der Waals surface area contributed by atoms with Crippen molar-refractivity contribution >= 4 is 19.7 Å². The van der Waals surface area contributed by atoms with Crippen LogP contribution in [0.4, 0.5) is 0 Å². The van der Waals surface area contributed by atoms with Gasteiger partial charge in [0.15, 0.2) is 0 Å². The molecule has 1 N–H and O–H groups in total. The van der Waals surface area contributed by atoms with Crippen molar-refractivity contribution in [1.82, 2.24) is 10.2 Å². The van der Waals surface area contributed by atoms with Gasteiger partial charge in [0, 0.05) is 13.6 Å². The van der Waals surface area contributed by atoms with Gasteiger partial charge in [0.05, 0.1) is 14.4 Å². The summed E-state index contributed by atoms with van der Waals surface area (Å²) < 4.78 is 0. The largest absolute Gasteiger partial charge is 0.358 e. The molecule has 13 heavy (non-hydrogen) atoms. The monoisotopic (exact) mass is 182 g/mol. The molecule has 0 aromatic heterocycles. The Balaban J connectivity index is 4.08. The first-order chi connectivity index (χ1) is 6.15. The van der Waals surface area contributed by atoms with Gasteiger partial charge in [-0.25, -0.2) is 0 Å². The van der Waals surface area contributed by atoms with Crippen molar-refractivity contribution < 1.29 is 9.59 Å². The Labute approximate surface area is 80.1 Å². The summed E-state index contributed by atoms with van der Waals surface area (Å²) in [6.07, 6.45) is 0.778. The van der Waals surface area contributed by atoms with Crippen LogP contribution in [0.5, 0.6) is 0 Å². The molecule has 0 rings (SSSR count). The van der Waals surface area contributed by atoms with Gasteiger partial charge in [-0.3, -0.25) is 9.59 Å². The lowest BCUT2D eigenvalue weighted by atomic mass is 10.0. The van der Waals surface area contributed by atoms with Crippen molar-refractivity contribution in [3.63, 3.8) is 0 Å². The fourth-order valence-electron chi connectivity index (χ4n) is 0.943. The molecule has 2 radical (unpaired) electrons. The van der Waals surface area contributed by atoms with Gasteiger partial charge in [0.2, 0.25) is 11.8 Å². The van der Waals surface area contributed by atoms with Crippen LogP contribution < -0.4 is 5.32 Å². The minimum atomic E-state index is -0.189. The molecule has 0 fully saturated rings. The number of hydrogen-bond acceptors (Lipinski definition) is 2. The van der Waals surface area contributed by atoms with E-state index in [1.54, 1.807) is 7.05 Å². The van der Waals surface area contributed by atoms with Crippen LogP contribution in [0.25, 0.3) is 0 Å². The van der Waals surface area contributed by atoms with E-state index in [9.17, 15) is 9.59 Å². The van der Waals surface area contributed by atoms with Crippen molar-refractivity contribution in [2.45, 2.75) is 19.7 Å². The smallest absolute Gasteiger partial charge is 0.239 e. The number of amides is 2.